The number of hydrogen-bond acceptors (Lipinski definition) is 6. The summed E-state index contributed by atoms with van der Waals surface area (Å²) in [5.74, 6) is -0.432. The van der Waals surface area contributed by atoms with Crippen LogP contribution in [0.3, 0.4) is 0 Å². The average Bonchev–Trinajstić information content (AvgIpc) is 2.72. The van der Waals surface area contributed by atoms with Crippen LogP contribution in [0.2, 0.25) is 10.0 Å². The second-order valence-corrected chi connectivity index (χ2v) is 6.80. The molecule has 8 nitrogen and oxygen atoms in total. The topological polar surface area (TPSA) is 103 Å². The molecular formula is C19H16Cl2N2O6. The lowest BCUT2D eigenvalue weighted by atomic mass is 10.2. The Labute approximate surface area is 176 Å². The van der Waals surface area contributed by atoms with Crippen molar-refractivity contribution in [3.8, 4) is 11.5 Å². The van der Waals surface area contributed by atoms with Crippen LogP contribution in [0.15, 0.2) is 42.5 Å². The van der Waals surface area contributed by atoms with E-state index < -0.39 is 30.6 Å². The molecule has 0 saturated heterocycles. The van der Waals surface area contributed by atoms with Crippen molar-refractivity contribution in [2.75, 3.05) is 19.8 Å². The van der Waals surface area contributed by atoms with Gasteiger partial charge in [-0.3, -0.25) is 10.1 Å². The van der Waals surface area contributed by atoms with E-state index in [9.17, 15) is 14.4 Å². The minimum absolute atomic E-state index is 0.0196. The maximum Gasteiger partial charge on any atom is 0.340 e. The molecule has 0 aromatic heterocycles. The molecule has 2 aromatic rings. The van der Waals surface area contributed by atoms with E-state index in [-0.39, 0.29) is 23.7 Å². The van der Waals surface area contributed by atoms with Gasteiger partial charge in [0.1, 0.15) is 6.61 Å². The van der Waals surface area contributed by atoms with Crippen molar-refractivity contribution < 1.29 is 28.6 Å². The molecule has 2 N–H and O–H groups in total. The Hall–Kier alpha value is -2.97. The summed E-state index contributed by atoms with van der Waals surface area (Å²) in [7, 11) is 0. The van der Waals surface area contributed by atoms with Gasteiger partial charge in [-0.2, -0.15) is 0 Å². The van der Waals surface area contributed by atoms with E-state index in [1.165, 1.54) is 18.2 Å². The second-order valence-electron chi connectivity index (χ2n) is 5.96. The van der Waals surface area contributed by atoms with Crippen molar-refractivity contribution in [2.45, 2.75) is 6.10 Å². The summed E-state index contributed by atoms with van der Waals surface area (Å²) in [6.07, 6.45) is -0.409. The van der Waals surface area contributed by atoms with Crippen LogP contribution >= 0.6 is 23.2 Å². The molecule has 0 aliphatic carbocycles. The number of imide groups is 1. The lowest BCUT2D eigenvalue weighted by Crippen LogP contribution is -2.46. The zero-order valence-corrected chi connectivity index (χ0v) is 16.5. The third-order valence-electron chi connectivity index (χ3n) is 3.79. The van der Waals surface area contributed by atoms with Crippen LogP contribution in [0, 0.1) is 0 Å². The van der Waals surface area contributed by atoms with Crippen molar-refractivity contribution in [2.24, 2.45) is 0 Å². The first kappa shape index (κ1) is 20.8. The van der Waals surface area contributed by atoms with E-state index in [4.69, 9.17) is 37.4 Å². The number of amides is 3. The number of carbonyl (C=O) groups is 3. The molecule has 1 heterocycles. The van der Waals surface area contributed by atoms with Crippen LogP contribution in [-0.2, 0) is 9.53 Å². The molecule has 1 unspecified atom stereocenters. The van der Waals surface area contributed by atoms with Crippen LogP contribution in [0.5, 0.6) is 11.5 Å². The quantitative estimate of drug-likeness (QED) is 0.695. The van der Waals surface area contributed by atoms with Gasteiger partial charge in [-0.25, -0.2) is 9.59 Å². The van der Waals surface area contributed by atoms with Gasteiger partial charge < -0.3 is 19.5 Å². The van der Waals surface area contributed by atoms with Gasteiger partial charge in [0.15, 0.2) is 24.2 Å². The van der Waals surface area contributed by atoms with E-state index in [2.05, 4.69) is 5.32 Å². The third kappa shape index (κ3) is 5.75. The molecule has 0 bridgehead atoms. The van der Waals surface area contributed by atoms with Crippen LogP contribution in [0.4, 0.5) is 4.79 Å². The number of benzene rings is 2. The van der Waals surface area contributed by atoms with Crippen LogP contribution < -0.4 is 20.1 Å². The summed E-state index contributed by atoms with van der Waals surface area (Å²) >= 11 is 11.7. The zero-order chi connectivity index (χ0) is 20.8. The predicted octanol–water partition coefficient (Wildman–Crippen LogP) is 2.82. The summed E-state index contributed by atoms with van der Waals surface area (Å²) < 4.78 is 16.1. The summed E-state index contributed by atoms with van der Waals surface area (Å²) in [5.41, 5.74) is 0.0196. The monoisotopic (exact) mass is 438 g/mol. The van der Waals surface area contributed by atoms with E-state index in [1.54, 1.807) is 18.2 Å². The normalized spacial score (nSPS) is 14.6. The van der Waals surface area contributed by atoms with Crippen molar-refractivity contribution in [3.05, 3.63) is 58.1 Å². The molecule has 2 aromatic carbocycles. The lowest BCUT2D eigenvalue weighted by molar-refractivity contribution is -0.123. The fourth-order valence-corrected chi connectivity index (χ4v) is 2.81. The fourth-order valence-electron chi connectivity index (χ4n) is 2.44. The minimum Gasteiger partial charge on any atom is -0.486 e. The highest BCUT2D eigenvalue weighted by Gasteiger charge is 2.21. The maximum atomic E-state index is 12.0. The maximum absolute atomic E-state index is 12.0. The first-order valence-electron chi connectivity index (χ1n) is 8.50. The van der Waals surface area contributed by atoms with Gasteiger partial charge >= 0.3 is 12.0 Å². The molecule has 1 atom stereocenters. The largest absolute Gasteiger partial charge is 0.486 e. The Morgan fingerprint density at radius 3 is 2.66 bits per heavy atom. The van der Waals surface area contributed by atoms with Crippen molar-refractivity contribution in [3.63, 3.8) is 0 Å². The zero-order valence-electron chi connectivity index (χ0n) is 14.9. The highest BCUT2D eigenvalue weighted by molar-refractivity contribution is 6.35. The smallest absolute Gasteiger partial charge is 0.340 e. The molecule has 0 radical (unpaired) electrons. The van der Waals surface area contributed by atoms with Gasteiger partial charge in [-0.1, -0.05) is 35.3 Å². The molecule has 0 saturated carbocycles. The lowest BCUT2D eigenvalue weighted by Gasteiger charge is -2.26. The Bertz CT molecular complexity index is 937. The molecule has 3 rings (SSSR count). The van der Waals surface area contributed by atoms with Gasteiger partial charge in [-0.15, -0.1) is 0 Å². The number of fused-ring (bicyclic) bond motifs is 1. The molecule has 1 aliphatic rings. The molecule has 1 aliphatic heterocycles. The van der Waals surface area contributed by atoms with Crippen LogP contribution in [0.1, 0.15) is 10.4 Å². The first-order valence-corrected chi connectivity index (χ1v) is 9.26. The Balaban J connectivity index is 1.40. The van der Waals surface area contributed by atoms with E-state index in [0.717, 1.165) is 0 Å². The number of esters is 1. The summed E-state index contributed by atoms with van der Waals surface area (Å²) in [5, 5.41) is 4.97. The minimum atomic E-state index is -0.834. The van der Waals surface area contributed by atoms with E-state index in [1.807, 2.05) is 11.4 Å². The number of hydrogen-bond donors (Lipinski definition) is 2. The Morgan fingerprint density at radius 1 is 1.10 bits per heavy atom. The van der Waals surface area contributed by atoms with E-state index in [0.29, 0.717) is 16.5 Å². The molecule has 3 amide bonds. The van der Waals surface area contributed by atoms with Crippen molar-refractivity contribution >= 4 is 41.1 Å². The van der Waals surface area contributed by atoms with Crippen molar-refractivity contribution in [1.29, 1.82) is 0 Å². The van der Waals surface area contributed by atoms with Gasteiger partial charge in [0.05, 0.1) is 17.1 Å². The molecule has 10 heteroatoms. The molecular weight excluding hydrogens is 423 g/mol. The number of ether oxygens (including phenoxy) is 3. The second kappa shape index (κ2) is 9.49. The Morgan fingerprint density at radius 2 is 1.86 bits per heavy atom. The molecule has 29 heavy (non-hydrogen) atoms. The summed E-state index contributed by atoms with van der Waals surface area (Å²) in [6.45, 7) is -0.292. The number of urea groups is 1. The van der Waals surface area contributed by atoms with E-state index >= 15 is 0 Å². The molecule has 0 fully saturated rings. The third-order valence-corrected chi connectivity index (χ3v) is 4.36. The van der Waals surface area contributed by atoms with Crippen molar-refractivity contribution in [1.82, 2.24) is 10.6 Å². The summed E-state index contributed by atoms with van der Waals surface area (Å²) in [4.78, 5) is 35.6. The molecule has 152 valence electrons. The number of carbonyl (C=O) groups excluding carboxylic acids is 3. The van der Waals surface area contributed by atoms with Crippen LogP contribution in [-0.4, -0.2) is 43.8 Å². The highest BCUT2D eigenvalue weighted by atomic mass is 35.5. The number of halogens is 2. The van der Waals surface area contributed by atoms with Gasteiger partial charge in [0.2, 0.25) is 0 Å². The standard InChI is InChI=1S/C19H16Cl2N2O6/c20-11-5-6-14(21)13(7-11)18(25)28-10-17(24)23-19(26)22-8-12-9-27-15-3-1-2-4-16(15)29-12/h1-7,12H,8-10H2,(H2,22,23,24,26). The predicted molar refractivity (Wildman–Crippen MR) is 105 cm³/mol. The molecule has 0 spiro atoms. The highest BCUT2D eigenvalue weighted by Crippen LogP contribution is 2.30. The fraction of sp³-hybridized carbons (Fsp3) is 0.211. The number of nitrogens with one attached hydrogen (secondary N) is 2. The van der Waals surface area contributed by atoms with Crippen LogP contribution in [0.25, 0.3) is 0 Å². The number of rotatable bonds is 5. The van der Waals surface area contributed by atoms with Gasteiger partial charge in [0.25, 0.3) is 5.91 Å². The van der Waals surface area contributed by atoms with Gasteiger partial charge in [-0.05, 0) is 30.3 Å². The summed E-state index contributed by atoms with van der Waals surface area (Å²) in [6, 6.07) is 10.7. The van der Waals surface area contributed by atoms with Gasteiger partial charge in [0, 0.05) is 5.02 Å². The Kier molecular flexibility index (Phi) is 6.79. The number of para-hydroxylation sites is 2. The first-order chi connectivity index (χ1) is 13.9. The average molecular weight is 439 g/mol. The SMILES string of the molecule is O=C(COC(=O)c1cc(Cl)ccc1Cl)NC(=O)NCC1COc2ccccc2O1.